The third-order valence-corrected chi connectivity index (χ3v) is 7.01. The summed E-state index contributed by atoms with van der Waals surface area (Å²) in [6.45, 7) is 5.01. The van der Waals surface area contributed by atoms with Crippen molar-refractivity contribution < 1.29 is 36.2 Å². The summed E-state index contributed by atoms with van der Waals surface area (Å²) in [4.78, 5) is 15.7. The molecule has 3 aromatic heterocycles. The summed E-state index contributed by atoms with van der Waals surface area (Å²) in [5.74, 6) is 0.536. The first-order valence-electron chi connectivity index (χ1n) is 11.4. The minimum absolute atomic E-state index is 0.0834. The maximum absolute atomic E-state index is 13.1. The maximum atomic E-state index is 13.1. The first-order chi connectivity index (χ1) is 17.2. The first kappa shape index (κ1) is 28.4. The predicted molar refractivity (Wildman–Crippen MR) is 129 cm³/mol. The number of rotatable bonds is 11. The van der Waals surface area contributed by atoms with Crippen LogP contribution in [0.5, 0.6) is 0 Å². The zero-order valence-corrected chi connectivity index (χ0v) is 21.6. The lowest BCUT2D eigenvalue weighted by Crippen LogP contribution is -2.45. The number of halogens is 3. The highest BCUT2D eigenvalue weighted by atomic mass is 32.2. The predicted octanol–water partition coefficient (Wildman–Crippen LogP) is 3.26. The Hall–Kier alpha value is -3.17. The van der Waals surface area contributed by atoms with E-state index < -0.39 is 28.0 Å². The van der Waals surface area contributed by atoms with E-state index in [1.807, 2.05) is 0 Å². The molecule has 0 aliphatic rings. The molecule has 3 rings (SSSR count). The van der Waals surface area contributed by atoms with Crippen LogP contribution in [0.2, 0.25) is 0 Å². The van der Waals surface area contributed by atoms with Crippen LogP contribution in [-0.4, -0.2) is 69.1 Å². The van der Waals surface area contributed by atoms with Crippen LogP contribution < -0.4 is 4.72 Å². The largest absolute Gasteiger partial charge is 0.464 e. The number of hydrogen-bond donors (Lipinski definition) is 2. The summed E-state index contributed by atoms with van der Waals surface area (Å²) in [5.41, 5.74) is 0.723. The van der Waals surface area contributed by atoms with E-state index in [4.69, 9.17) is 4.74 Å². The second kappa shape index (κ2) is 11.1. The van der Waals surface area contributed by atoms with Gasteiger partial charge in [-0.3, -0.25) is 9.25 Å². The molecule has 204 valence electrons. The highest BCUT2D eigenvalue weighted by Crippen LogP contribution is 2.32. The van der Waals surface area contributed by atoms with Gasteiger partial charge in [0.25, 0.3) is 0 Å². The van der Waals surface area contributed by atoms with Crippen molar-refractivity contribution in [3.8, 4) is 5.82 Å². The van der Waals surface area contributed by atoms with Crippen molar-refractivity contribution in [3.63, 3.8) is 0 Å². The fraction of sp³-hybridized carbons (Fsp3) is 0.500. The quantitative estimate of drug-likeness (QED) is 0.353. The van der Waals surface area contributed by atoms with Crippen LogP contribution in [-0.2, 0) is 34.6 Å². The van der Waals surface area contributed by atoms with Gasteiger partial charge in [0.05, 0.1) is 24.0 Å². The fourth-order valence-corrected chi connectivity index (χ4v) is 4.97. The van der Waals surface area contributed by atoms with Crippen molar-refractivity contribution >= 4 is 27.3 Å². The zero-order chi connectivity index (χ0) is 27.5. The maximum Gasteiger partial charge on any atom is 0.422 e. The second-order valence-electron chi connectivity index (χ2n) is 8.61. The SMILES string of the molecule is Cc1nn(C)c(-n2ccc3cc(C(F)(F)F)cnc32)c1CCCN(C(=O)O)S(=O)(=O)NCCOC(C)C. The van der Waals surface area contributed by atoms with Crippen LogP contribution in [0.15, 0.2) is 24.5 Å². The van der Waals surface area contributed by atoms with Gasteiger partial charge in [-0.25, -0.2) is 9.78 Å². The molecule has 0 aromatic carbocycles. The van der Waals surface area contributed by atoms with E-state index in [2.05, 4.69) is 14.8 Å². The van der Waals surface area contributed by atoms with Gasteiger partial charge in [-0.1, -0.05) is 0 Å². The molecule has 0 saturated carbocycles. The summed E-state index contributed by atoms with van der Waals surface area (Å²) in [7, 11) is -2.64. The molecule has 0 aliphatic heterocycles. The third kappa shape index (κ3) is 6.59. The van der Waals surface area contributed by atoms with Gasteiger partial charge in [0.1, 0.15) is 11.5 Å². The molecule has 1 amide bonds. The topological polar surface area (TPSA) is 132 Å². The number of carbonyl (C=O) groups is 1. The molecular weight excluding hydrogens is 517 g/mol. The van der Waals surface area contributed by atoms with Crippen molar-refractivity contribution in [3.05, 3.63) is 41.3 Å². The molecule has 0 saturated heterocycles. The summed E-state index contributed by atoms with van der Waals surface area (Å²) in [6.07, 6.45) is -3.52. The van der Waals surface area contributed by atoms with Gasteiger partial charge in [0, 0.05) is 43.5 Å². The van der Waals surface area contributed by atoms with E-state index in [1.54, 1.807) is 43.3 Å². The molecule has 11 nitrogen and oxygen atoms in total. The van der Waals surface area contributed by atoms with Crippen molar-refractivity contribution in [1.82, 2.24) is 28.4 Å². The van der Waals surface area contributed by atoms with Gasteiger partial charge in [-0.2, -0.15) is 35.7 Å². The van der Waals surface area contributed by atoms with E-state index >= 15 is 0 Å². The Morgan fingerprint density at radius 2 is 2.03 bits per heavy atom. The van der Waals surface area contributed by atoms with E-state index in [9.17, 15) is 31.5 Å². The highest BCUT2D eigenvalue weighted by molar-refractivity contribution is 7.87. The number of pyridine rings is 1. The Kier molecular flexibility index (Phi) is 8.49. The van der Waals surface area contributed by atoms with Crippen molar-refractivity contribution in [1.29, 1.82) is 0 Å². The summed E-state index contributed by atoms with van der Waals surface area (Å²) < 4.78 is 75.2. The molecule has 0 unspecified atom stereocenters. The molecule has 0 spiro atoms. The summed E-state index contributed by atoms with van der Waals surface area (Å²) in [5, 5.41) is 14.2. The number of aryl methyl sites for hydroxylation is 2. The normalized spacial score (nSPS) is 12.5. The Bertz CT molecular complexity index is 1370. The van der Waals surface area contributed by atoms with Gasteiger partial charge in [-0.15, -0.1) is 0 Å². The van der Waals surface area contributed by atoms with E-state index in [-0.39, 0.29) is 44.0 Å². The average Bonchev–Trinajstić information content (AvgIpc) is 3.32. The van der Waals surface area contributed by atoms with Crippen molar-refractivity contribution in [2.45, 2.75) is 45.9 Å². The van der Waals surface area contributed by atoms with E-state index in [0.717, 1.165) is 12.3 Å². The Morgan fingerprint density at radius 3 is 2.65 bits per heavy atom. The van der Waals surface area contributed by atoms with Crippen LogP contribution in [0.4, 0.5) is 18.0 Å². The number of fused-ring (bicyclic) bond motifs is 1. The second-order valence-corrected chi connectivity index (χ2v) is 10.3. The molecule has 0 fully saturated rings. The lowest BCUT2D eigenvalue weighted by Gasteiger charge is -2.20. The number of nitrogens with one attached hydrogen (secondary N) is 1. The van der Waals surface area contributed by atoms with Crippen LogP contribution in [0.3, 0.4) is 0 Å². The van der Waals surface area contributed by atoms with Crippen molar-refractivity contribution in [2.75, 3.05) is 19.7 Å². The number of aromatic nitrogens is 4. The third-order valence-electron chi connectivity index (χ3n) is 5.52. The summed E-state index contributed by atoms with van der Waals surface area (Å²) in [6, 6.07) is 2.52. The van der Waals surface area contributed by atoms with E-state index in [0.29, 0.717) is 27.0 Å². The van der Waals surface area contributed by atoms with Gasteiger partial charge < -0.3 is 9.84 Å². The number of hydrogen-bond acceptors (Lipinski definition) is 6. The lowest BCUT2D eigenvalue weighted by atomic mass is 10.1. The molecule has 3 heterocycles. The molecule has 37 heavy (non-hydrogen) atoms. The molecule has 0 radical (unpaired) electrons. The van der Waals surface area contributed by atoms with Crippen LogP contribution in [0, 0.1) is 6.92 Å². The number of amides is 1. The minimum atomic E-state index is -4.52. The zero-order valence-electron chi connectivity index (χ0n) is 20.8. The highest BCUT2D eigenvalue weighted by Gasteiger charge is 2.32. The van der Waals surface area contributed by atoms with Gasteiger partial charge >= 0.3 is 22.5 Å². The van der Waals surface area contributed by atoms with Gasteiger partial charge in [0.2, 0.25) is 0 Å². The van der Waals surface area contributed by atoms with Crippen LogP contribution in [0.1, 0.15) is 37.1 Å². The number of ether oxygens (including phenoxy) is 1. The van der Waals surface area contributed by atoms with Gasteiger partial charge in [0.15, 0.2) is 0 Å². The van der Waals surface area contributed by atoms with E-state index in [1.165, 1.54) is 6.07 Å². The van der Waals surface area contributed by atoms with Crippen LogP contribution in [0.25, 0.3) is 16.9 Å². The Morgan fingerprint density at radius 1 is 1.32 bits per heavy atom. The molecule has 2 N–H and O–H groups in total. The molecule has 15 heteroatoms. The lowest BCUT2D eigenvalue weighted by molar-refractivity contribution is -0.137. The Labute approximate surface area is 212 Å². The minimum Gasteiger partial charge on any atom is -0.464 e. The first-order valence-corrected chi connectivity index (χ1v) is 12.9. The standard InChI is InChI=1S/C22H29F3N6O5S/c1-14(2)36-11-8-27-37(34,35)31(21(32)33)9-5-6-18-15(3)28-29(4)20(18)30-10-7-16-12-17(22(23,24)25)13-26-19(16)30/h7,10,12-14,27H,5-6,8-9,11H2,1-4H3,(H,32,33). The van der Waals surface area contributed by atoms with Crippen molar-refractivity contribution in [2.24, 2.45) is 7.05 Å². The number of nitrogens with zero attached hydrogens (tertiary/aromatic N) is 5. The molecule has 0 bridgehead atoms. The summed E-state index contributed by atoms with van der Waals surface area (Å²) >= 11 is 0. The fourth-order valence-electron chi connectivity index (χ4n) is 3.89. The molecular formula is C22H29F3N6O5S. The monoisotopic (exact) mass is 546 g/mol. The molecule has 0 atom stereocenters. The Balaban J connectivity index is 1.79. The average molecular weight is 547 g/mol. The number of alkyl halides is 3. The van der Waals surface area contributed by atoms with Crippen LogP contribution >= 0.6 is 0 Å². The molecule has 0 aliphatic carbocycles. The smallest absolute Gasteiger partial charge is 0.422 e. The molecule has 3 aromatic rings. The number of carboxylic acid groups (broad SMARTS) is 1. The van der Waals surface area contributed by atoms with Gasteiger partial charge in [-0.05, 0) is 45.7 Å².